The molecule has 31 heavy (non-hydrogen) atoms. The van der Waals surface area contributed by atoms with Crippen LogP contribution in [0.2, 0.25) is 0 Å². The van der Waals surface area contributed by atoms with Gasteiger partial charge in [-0.3, -0.25) is 9.59 Å². The maximum Gasteiger partial charge on any atom is 0.352 e. The summed E-state index contributed by atoms with van der Waals surface area (Å²) in [7, 11) is 0. The molecule has 1 fully saturated rings. The van der Waals surface area contributed by atoms with E-state index >= 15 is 0 Å². The number of aromatic nitrogens is 3. The van der Waals surface area contributed by atoms with Crippen molar-refractivity contribution in [2.75, 3.05) is 26.3 Å². The topological polar surface area (TPSA) is 86.4 Å². The van der Waals surface area contributed by atoms with Gasteiger partial charge >= 0.3 is 5.69 Å². The molecule has 0 spiro atoms. The largest absolute Gasteiger partial charge is 0.378 e. The van der Waals surface area contributed by atoms with Gasteiger partial charge in [0.1, 0.15) is 11.5 Å². The molecule has 0 N–H and O–H groups in total. The highest BCUT2D eigenvalue weighted by Gasteiger charge is 2.28. The Bertz CT molecular complexity index is 1220. The molecule has 2 aromatic carbocycles. The molecule has 1 aliphatic rings. The SMILES string of the molecule is CC(c1ccccc1)n1c(=O)c(C(=O)N2CCOCC2)nn(-c2ccccc2F)c1=O. The Hall–Kier alpha value is -3.59. The van der Waals surface area contributed by atoms with Gasteiger partial charge in [-0.2, -0.15) is 9.78 Å². The third-order valence-electron chi connectivity index (χ3n) is 5.26. The van der Waals surface area contributed by atoms with Crippen LogP contribution in [-0.2, 0) is 4.74 Å². The average Bonchev–Trinajstić information content (AvgIpc) is 2.80. The maximum atomic E-state index is 14.5. The van der Waals surface area contributed by atoms with E-state index in [1.54, 1.807) is 37.3 Å². The highest BCUT2D eigenvalue weighted by molar-refractivity contribution is 5.91. The molecule has 3 aromatic rings. The Morgan fingerprint density at radius 2 is 1.68 bits per heavy atom. The summed E-state index contributed by atoms with van der Waals surface area (Å²) in [4.78, 5) is 41.1. The first-order valence-corrected chi connectivity index (χ1v) is 9.92. The summed E-state index contributed by atoms with van der Waals surface area (Å²) in [5.74, 6) is -1.31. The Kier molecular flexibility index (Phi) is 5.77. The van der Waals surface area contributed by atoms with Crippen LogP contribution in [0.3, 0.4) is 0 Å². The number of carbonyl (C=O) groups excluding carboxylic acids is 1. The standard InChI is InChI=1S/C22H21FN4O4/c1-15(16-7-3-2-4-8-16)26-21(29)19(20(28)25-11-13-31-14-12-25)24-27(22(26)30)18-10-6-5-9-17(18)23/h2-10,15H,11-14H2,1H3. The summed E-state index contributed by atoms with van der Waals surface area (Å²) in [5, 5.41) is 4.01. The predicted octanol–water partition coefficient (Wildman–Crippen LogP) is 1.61. The molecule has 1 saturated heterocycles. The van der Waals surface area contributed by atoms with E-state index in [2.05, 4.69) is 5.10 Å². The van der Waals surface area contributed by atoms with E-state index < -0.39 is 34.7 Å². The van der Waals surface area contributed by atoms with Crippen molar-refractivity contribution in [3.63, 3.8) is 0 Å². The van der Waals surface area contributed by atoms with Crippen molar-refractivity contribution in [2.24, 2.45) is 0 Å². The summed E-state index contributed by atoms with van der Waals surface area (Å²) >= 11 is 0. The van der Waals surface area contributed by atoms with Crippen molar-refractivity contribution in [3.05, 3.63) is 92.5 Å². The summed E-state index contributed by atoms with van der Waals surface area (Å²) in [6.07, 6.45) is 0. The lowest BCUT2D eigenvalue weighted by molar-refractivity contribution is 0.0295. The molecule has 1 aromatic heterocycles. The van der Waals surface area contributed by atoms with Crippen LogP contribution in [0.1, 0.15) is 29.0 Å². The molecule has 1 unspecified atom stereocenters. The van der Waals surface area contributed by atoms with E-state index in [0.717, 1.165) is 9.25 Å². The van der Waals surface area contributed by atoms with E-state index in [1.807, 2.05) is 6.07 Å². The van der Waals surface area contributed by atoms with E-state index in [4.69, 9.17) is 4.74 Å². The van der Waals surface area contributed by atoms with Gasteiger partial charge in [0.15, 0.2) is 0 Å². The van der Waals surface area contributed by atoms with Gasteiger partial charge in [-0.1, -0.05) is 42.5 Å². The number of halogens is 1. The fourth-order valence-electron chi connectivity index (χ4n) is 3.54. The van der Waals surface area contributed by atoms with Crippen LogP contribution in [0.5, 0.6) is 0 Å². The summed E-state index contributed by atoms with van der Waals surface area (Å²) in [6.45, 7) is 2.95. The van der Waals surface area contributed by atoms with E-state index in [1.165, 1.54) is 23.1 Å². The number of ether oxygens (including phenoxy) is 1. The Morgan fingerprint density at radius 1 is 1.03 bits per heavy atom. The minimum atomic E-state index is -0.829. The molecule has 0 saturated carbocycles. The monoisotopic (exact) mass is 424 g/mol. The molecule has 0 bridgehead atoms. The van der Waals surface area contributed by atoms with Gasteiger partial charge in [-0.25, -0.2) is 13.8 Å². The smallest absolute Gasteiger partial charge is 0.352 e. The number of benzene rings is 2. The molecule has 4 rings (SSSR count). The average molecular weight is 424 g/mol. The van der Waals surface area contributed by atoms with Crippen LogP contribution in [0.25, 0.3) is 5.69 Å². The van der Waals surface area contributed by atoms with Crippen LogP contribution < -0.4 is 11.2 Å². The molecule has 1 atom stereocenters. The molecule has 0 radical (unpaired) electrons. The van der Waals surface area contributed by atoms with Crippen molar-refractivity contribution in [1.82, 2.24) is 19.2 Å². The van der Waals surface area contributed by atoms with Crippen molar-refractivity contribution in [2.45, 2.75) is 13.0 Å². The molecule has 9 heteroatoms. The van der Waals surface area contributed by atoms with Crippen LogP contribution in [0.4, 0.5) is 4.39 Å². The second-order valence-corrected chi connectivity index (χ2v) is 7.16. The fourth-order valence-corrected chi connectivity index (χ4v) is 3.54. The first kappa shape index (κ1) is 20.7. The second-order valence-electron chi connectivity index (χ2n) is 7.16. The van der Waals surface area contributed by atoms with Gasteiger partial charge in [-0.15, -0.1) is 0 Å². The summed E-state index contributed by atoms with van der Waals surface area (Å²) in [5.41, 5.74) is -1.53. The molecule has 1 amide bonds. The van der Waals surface area contributed by atoms with E-state index in [0.29, 0.717) is 31.9 Å². The second kappa shape index (κ2) is 8.65. The molecule has 2 heterocycles. The third-order valence-corrected chi connectivity index (χ3v) is 5.26. The third kappa shape index (κ3) is 3.91. The van der Waals surface area contributed by atoms with Gasteiger partial charge < -0.3 is 9.64 Å². The van der Waals surface area contributed by atoms with Crippen LogP contribution in [0.15, 0.2) is 64.2 Å². The summed E-state index contributed by atoms with van der Waals surface area (Å²) < 4.78 is 21.5. The highest BCUT2D eigenvalue weighted by atomic mass is 19.1. The zero-order valence-electron chi connectivity index (χ0n) is 16.9. The predicted molar refractivity (Wildman–Crippen MR) is 111 cm³/mol. The molecule has 160 valence electrons. The highest BCUT2D eigenvalue weighted by Crippen LogP contribution is 2.15. The van der Waals surface area contributed by atoms with Gasteiger partial charge in [0.2, 0.25) is 5.69 Å². The minimum absolute atomic E-state index is 0.141. The molecular formula is C22H21FN4O4. The first-order chi connectivity index (χ1) is 15.0. The van der Waals surface area contributed by atoms with Crippen molar-refractivity contribution in [3.8, 4) is 5.69 Å². The Balaban J connectivity index is 1.94. The van der Waals surface area contributed by atoms with Gasteiger partial charge in [-0.05, 0) is 24.6 Å². The number of rotatable bonds is 4. The molecule has 8 nitrogen and oxygen atoms in total. The van der Waals surface area contributed by atoms with Crippen LogP contribution >= 0.6 is 0 Å². The first-order valence-electron chi connectivity index (χ1n) is 9.92. The molecule has 0 aliphatic carbocycles. The lowest BCUT2D eigenvalue weighted by Crippen LogP contribution is -2.49. The lowest BCUT2D eigenvalue weighted by atomic mass is 10.1. The number of nitrogens with zero attached hydrogens (tertiary/aromatic N) is 4. The zero-order valence-corrected chi connectivity index (χ0v) is 16.9. The Morgan fingerprint density at radius 3 is 2.35 bits per heavy atom. The normalized spacial score (nSPS) is 15.0. The van der Waals surface area contributed by atoms with Crippen LogP contribution in [-0.4, -0.2) is 51.5 Å². The van der Waals surface area contributed by atoms with Crippen molar-refractivity contribution in [1.29, 1.82) is 0 Å². The molecule has 1 aliphatic heterocycles. The maximum absolute atomic E-state index is 14.5. The van der Waals surface area contributed by atoms with Gasteiger partial charge in [0, 0.05) is 13.1 Å². The zero-order chi connectivity index (χ0) is 22.0. The number of morpholine rings is 1. The quantitative estimate of drug-likeness (QED) is 0.635. The fraction of sp³-hybridized carbons (Fsp3) is 0.273. The van der Waals surface area contributed by atoms with E-state index in [9.17, 15) is 18.8 Å². The number of hydrogen-bond donors (Lipinski definition) is 0. The van der Waals surface area contributed by atoms with Crippen LogP contribution in [0, 0.1) is 5.82 Å². The van der Waals surface area contributed by atoms with E-state index in [-0.39, 0.29) is 5.69 Å². The van der Waals surface area contributed by atoms with Gasteiger partial charge in [0.25, 0.3) is 11.5 Å². The summed E-state index contributed by atoms with van der Waals surface area (Å²) in [6, 6.07) is 13.8. The number of amides is 1. The van der Waals surface area contributed by atoms with Crippen molar-refractivity contribution >= 4 is 5.91 Å². The van der Waals surface area contributed by atoms with Gasteiger partial charge in [0.05, 0.1) is 19.3 Å². The minimum Gasteiger partial charge on any atom is -0.378 e. The number of carbonyl (C=O) groups is 1. The lowest BCUT2D eigenvalue weighted by Gasteiger charge is -2.26. The number of hydrogen-bond acceptors (Lipinski definition) is 5. The number of para-hydroxylation sites is 1. The molecular weight excluding hydrogens is 403 g/mol. The Labute approximate surface area is 177 Å². The van der Waals surface area contributed by atoms with Crippen molar-refractivity contribution < 1.29 is 13.9 Å².